The molecule has 0 amide bonds. The van der Waals surface area contributed by atoms with E-state index in [1.54, 1.807) is 7.11 Å². The smallest absolute Gasteiger partial charge is 0.120 e. The lowest BCUT2D eigenvalue weighted by Gasteiger charge is -2.14. The molecule has 1 aromatic carbocycles. The normalized spacial score (nSPS) is 12.9. The van der Waals surface area contributed by atoms with Crippen LogP contribution in [0.3, 0.4) is 0 Å². The average Bonchev–Trinajstić information content (AvgIpc) is 2.22. The summed E-state index contributed by atoms with van der Waals surface area (Å²) in [5.41, 5.74) is 1.87. The Morgan fingerprint density at radius 3 is 2.81 bits per heavy atom. The molecule has 1 rings (SSSR count). The van der Waals surface area contributed by atoms with Crippen LogP contribution in [-0.4, -0.2) is 31.2 Å². The van der Waals surface area contributed by atoms with E-state index < -0.39 is 0 Å². The summed E-state index contributed by atoms with van der Waals surface area (Å²) in [4.78, 5) is 0. The van der Waals surface area contributed by atoms with Gasteiger partial charge in [0.1, 0.15) is 11.9 Å². The van der Waals surface area contributed by atoms with Gasteiger partial charge in [-0.2, -0.15) is 0 Å². The molecule has 4 nitrogen and oxygen atoms in total. The molecule has 0 aliphatic carbocycles. The van der Waals surface area contributed by atoms with Crippen LogP contribution in [0.5, 0.6) is 5.75 Å². The fourth-order valence-corrected chi connectivity index (χ4v) is 1.43. The highest BCUT2D eigenvalue weighted by Gasteiger charge is 2.04. The molecule has 0 saturated heterocycles. The van der Waals surface area contributed by atoms with E-state index in [1.807, 2.05) is 32.0 Å². The lowest BCUT2D eigenvalue weighted by molar-refractivity contribution is 0.0920. The van der Waals surface area contributed by atoms with Gasteiger partial charge in [-0.25, -0.2) is 0 Å². The molecule has 16 heavy (non-hydrogen) atoms. The van der Waals surface area contributed by atoms with Crippen LogP contribution in [0.25, 0.3) is 0 Å². The summed E-state index contributed by atoms with van der Waals surface area (Å²) >= 11 is 0. The Labute approximate surface area is 95.5 Å². The van der Waals surface area contributed by atoms with Crippen molar-refractivity contribution in [3.63, 3.8) is 0 Å². The van der Waals surface area contributed by atoms with E-state index >= 15 is 0 Å². The fourth-order valence-electron chi connectivity index (χ4n) is 1.43. The van der Waals surface area contributed by atoms with E-state index in [1.165, 1.54) is 6.21 Å². The van der Waals surface area contributed by atoms with Gasteiger partial charge in [0.25, 0.3) is 0 Å². The van der Waals surface area contributed by atoms with E-state index in [2.05, 4.69) is 5.16 Å². The molecule has 88 valence electrons. The SMILES string of the molecule is COCC(C)Oc1ccc(/C=N/O)c(C)c1. The molecule has 0 heterocycles. The van der Waals surface area contributed by atoms with Gasteiger partial charge in [0, 0.05) is 7.11 Å². The number of benzene rings is 1. The molecule has 0 spiro atoms. The standard InChI is InChI=1S/C12H17NO3/c1-9-6-12(16-10(2)8-15-3)5-4-11(9)7-13-14/h4-7,10,14H,8H2,1-3H3/b13-7+. The third-order valence-electron chi connectivity index (χ3n) is 2.18. The van der Waals surface area contributed by atoms with Gasteiger partial charge in [-0.05, 0) is 43.2 Å². The largest absolute Gasteiger partial charge is 0.488 e. The minimum atomic E-state index is 0.0155. The summed E-state index contributed by atoms with van der Waals surface area (Å²) in [5, 5.41) is 11.5. The number of methoxy groups -OCH3 is 1. The Morgan fingerprint density at radius 2 is 2.25 bits per heavy atom. The number of hydrogen-bond acceptors (Lipinski definition) is 4. The number of oxime groups is 1. The van der Waals surface area contributed by atoms with E-state index in [0.29, 0.717) is 6.61 Å². The highest BCUT2D eigenvalue weighted by molar-refractivity contribution is 5.81. The molecule has 0 aliphatic rings. The van der Waals surface area contributed by atoms with Crippen molar-refractivity contribution >= 4 is 6.21 Å². The molecule has 1 N–H and O–H groups in total. The highest BCUT2D eigenvalue weighted by Crippen LogP contribution is 2.17. The number of hydrogen-bond donors (Lipinski definition) is 1. The lowest BCUT2D eigenvalue weighted by atomic mass is 10.1. The zero-order valence-electron chi connectivity index (χ0n) is 9.80. The monoisotopic (exact) mass is 223 g/mol. The van der Waals surface area contributed by atoms with Crippen molar-refractivity contribution in [3.05, 3.63) is 29.3 Å². The maximum Gasteiger partial charge on any atom is 0.120 e. The predicted octanol–water partition coefficient (Wildman–Crippen LogP) is 2.22. The van der Waals surface area contributed by atoms with E-state index in [4.69, 9.17) is 14.7 Å². The molecule has 1 aromatic rings. The highest BCUT2D eigenvalue weighted by atomic mass is 16.5. The number of nitrogens with zero attached hydrogens (tertiary/aromatic N) is 1. The summed E-state index contributed by atoms with van der Waals surface area (Å²) in [6, 6.07) is 5.60. The predicted molar refractivity (Wildman–Crippen MR) is 62.5 cm³/mol. The second-order valence-electron chi connectivity index (χ2n) is 3.65. The molecule has 1 unspecified atom stereocenters. The number of aryl methyl sites for hydroxylation is 1. The Hall–Kier alpha value is -1.55. The van der Waals surface area contributed by atoms with Crippen LogP contribution in [0.2, 0.25) is 0 Å². The van der Waals surface area contributed by atoms with Gasteiger partial charge >= 0.3 is 0 Å². The van der Waals surface area contributed by atoms with Crippen molar-refractivity contribution < 1.29 is 14.7 Å². The number of rotatable bonds is 5. The van der Waals surface area contributed by atoms with Gasteiger partial charge < -0.3 is 14.7 Å². The fraction of sp³-hybridized carbons (Fsp3) is 0.417. The van der Waals surface area contributed by atoms with Gasteiger partial charge in [-0.3, -0.25) is 0 Å². The van der Waals surface area contributed by atoms with Gasteiger partial charge in [0.15, 0.2) is 0 Å². The zero-order valence-corrected chi connectivity index (χ0v) is 9.80. The van der Waals surface area contributed by atoms with Crippen LogP contribution in [-0.2, 0) is 4.74 Å². The Morgan fingerprint density at radius 1 is 1.50 bits per heavy atom. The Kier molecular flexibility index (Phi) is 4.79. The van der Waals surface area contributed by atoms with Crippen molar-refractivity contribution in [2.24, 2.45) is 5.16 Å². The third kappa shape index (κ3) is 3.55. The van der Waals surface area contributed by atoms with Crippen molar-refractivity contribution in [2.45, 2.75) is 20.0 Å². The van der Waals surface area contributed by atoms with Crippen LogP contribution in [0, 0.1) is 6.92 Å². The van der Waals surface area contributed by atoms with Crippen molar-refractivity contribution in [1.29, 1.82) is 0 Å². The van der Waals surface area contributed by atoms with Crippen LogP contribution in [0.4, 0.5) is 0 Å². The van der Waals surface area contributed by atoms with E-state index in [0.717, 1.165) is 16.9 Å². The summed E-state index contributed by atoms with van der Waals surface area (Å²) in [6.07, 6.45) is 1.42. The van der Waals surface area contributed by atoms with Crippen LogP contribution < -0.4 is 4.74 Å². The molecular formula is C12H17NO3. The Balaban J connectivity index is 2.73. The molecule has 1 atom stereocenters. The maximum atomic E-state index is 8.45. The van der Waals surface area contributed by atoms with Crippen molar-refractivity contribution in [3.8, 4) is 5.75 Å². The molecule has 0 aliphatic heterocycles. The third-order valence-corrected chi connectivity index (χ3v) is 2.18. The van der Waals surface area contributed by atoms with Gasteiger partial charge in [0.05, 0.1) is 12.8 Å². The summed E-state index contributed by atoms with van der Waals surface area (Å²) < 4.78 is 10.6. The maximum absolute atomic E-state index is 8.45. The molecule has 0 fully saturated rings. The second kappa shape index (κ2) is 6.12. The van der Waals surface area contributed by atoms with Crippen molar-refractivity contribution in [1.82, 2.24) is 0 Å². The van der Waals surface area contributed by atoms with Crippen LogP contribution in [0.15, 0.2) is 23.4 Å². The van der Waals surface area contributed by atoms with Crippen LogP contribution in [0.1, 0.15) is 18.1 Å². The van der Waals surface area contributed by atoms with Crippen LogP contribution >= 0.6 is 0 Å². The summed E-state index contributed by atoms with van der Waals surface area (Å²) in [5.74, 6) is 0.789. The van der Waals surface area contributed by atoms with E-state index in [9.17, 15) is 0 Å². The molecule has 0 aromatic heterocycles. The quantitative estimate of drug-likeness (QED) is 0.473. The first kappa shape index (κ1) is 12.5. The number of ether oxygens (including phenoxy) is 2. The molecule has 4 heteroatoms. The minimum Gasteiger partial charge on any atom is -0.488 e. The topological polar surface area (TPSA) is 51.0 Å². The summed E-state index contributed by atoms with van der Waals surface area (Å²) in [7, 11) is 1.64. The van der Waals surface area contributed by atoms with Gasteiger partial charge in [0.2, 0.25) is 0 Å². The van der Waals surface area contributed by atoms with Crippen molar-refractivity contribution in [2.75, 3.05) is 13.7 Å². The van der Waals surface area contributed by atoms with Gasteiger partial charge in [-0.15, -0.1) is 0 Å². The first-order chi connectivity index (χ1) is 7.67. The second-order valence-corrected chi connectivity index (χ2v) is 3.65. The first-order valence-corrected chi connectivity index (χ1v) is 5.11. The Bertz CT molecular complexity index is 363. The zero-order chi connectivity index (χ0) is 12.0. The average molecular weight is 223 g/mol. The first-order valence-electron chi connectivity index (χ1n) is 5.11. The van der Waals surface area contributed by atoms with Gasteiger partial charge in [-0.1, -0.05) is 5.16 Å². The summed E-state index contributed by atoms with van der Waals surface area (Å²) in [6.45, 7) is 4.44. The van der Waals surface area contributed by atoms with E-state index in [-0.39, 0.29) is 6.10 Å². The molecule has 0 bridgehead atoms. The molecule has 0 radical (unpaired) electrons. The molecule has 0 saturated carbocycles. The lowest BCUT2D eigenvalue weighted by Crippen LogP contribution is -2.17. The minimum absolute atomic E-state index is 0.0155. The molecular weight excluding hydrogens is 206 g/mol.